The van der Waals surface area contributed by atoms with Crippen molar-refractivity contribution in [3.63, 3.8) is 0 Å². The molecule has 3 N–H and O–H groups in total. The number of alkyl halides is 3. The molecule has 6 nitrogen and oxygen atoms in total. The van der Waals surface area contributed by atoms with Crippen molar-refractivity contribution in [1.29, 1.82) is 0 Å². The van der Waals surface area contributed by atoms with E-state index in [1.165, 1.54) is 24.3 Å². The molecule has 1 rings (SSSR count). The molecule has 0 atom stereocenters. The number of nitrogens with one attached hydrogen (secondary N) is 1. The lowest BCUT2D eigenvalue weighted by Gasteiger charge is -2.08. The third-order valence-corrected chi connectivity index (χ3v) is 2.25. The lowest BCUT2D eigenvalue weighted by Crippen LogP contribution is -2.21. The van der Waals surface area contributed by atoms with Gasteiger partial charge in [0.1, 0.15) is 0 Å². The monoisotopic (exact) mass is 316 g/mol. The maximum atomic E-state index is 12.0. The fraction of sp³-hybridized carbons (Fsp3) is 0.154. The second kappa shape index (κ2) is 7.25. The first-order valence-electron chi connectivity index (χ1n) is 5.80. The van der Waals surface area contributed by atoms with Crippen LogP contribution in [0, 0.1) is 0 Å². The number of rotatable bonds is 6. The first-order chi connectivity index (χ1) is 10.2. The summed E-state index contributed by atoms with van der Waals surface area (Å²) in [5.74, 6) is -3.79. The Morgan fingerprint density at radius 2 is 1.86 bits per heavy atom. The van der Waals surface area contributed by atoms with E-state index in [-0.39, 0.29) is 17.3 Å². The predicted octanol–water partition coefficient (Wildman–Crippen LogP) is 1.39. The molecule has 0 radical (unpaired) electrons. The van der Waals surface area contributed by atoms with Crippen molar-refractivity contribution in [2.24, 2.45) is 5.73 Å². The third-order valence-electron chi connectivity index (χ3n) is 2.25. The molecule has 0 heterocycles. The quantitative estimate of drug-likeness (QED) is 0.610. The standard InChI is InChI=1S/C13H11F3N2O4/c14-13(15,16)10(19)5-6-18-9-4-2-1-3-8(9)12(21)22-7-11(17)20/h1-6,18H,7H2,(H2,17,20)/b6-5+. The van der Waals surface area contributed by atoms with Gasteiger partial charge in [0.25, 0.3) is 11.7 Å². The van der Waals surface area contributed by atoms with Crippen LogP contribution in [0.1, 0.15) is 10.4 Å². The number of allylic oxidation sites excluding steroid dienone is 1. The van der Waals surface area contributed by atoms with E-state index in [0.29, 0.717) is 0 Å². The molecule has 0 saturated heterocycles. The lowest BCUT2D eigenvalue weighted by molar-refractivity contribution is -0.165. The number of primary amides is 1. The molecule has 118 valence electrons. The summed E-state index contributed by atoms with van der Waals surface area (Å²) in [6.45, 7) is -0.629. The van der Waals surface area contributed by atoms with Crippen LogP contribution in [0.4, 0.5) is 18.9 Å². The van der Waals surface area contributed by atoms with E-state index in [0.717, 1.165) is 6.20 Å². The molecule has 0 aromatic heterocycles. The van der Waals surface area contributed by atoms with Crippen LogP contribution in [0.3, 0.4) is 0 Å². The summed E-state index contributed by atoms with van der Waals surface area (Å²) in [7, 11) is 0. The summed E-state index contributed by atoms with van der Waals surface area (Å²) in [6.07, 6.45) is -3.94. The first kappa shape index (κ1) is 17.2. The molecule has 0 aliphatic heterocycles. The van der Waals surface area contributed by atoms with Crippen LogP contribution >= 0.6 is 0 Å². The Hall–Kier alpha value is -2.84. The molecule has 1 aromatic rings. The fourth-order valence-electron chi connectivity index (χ4n) is 1.30. The van der Waals surface area contributed by atoms with Gasteiger partial charge in [0.15, 0.2) is 6.61 Å². The summed E-state index contributed by atoms with van der Waals surface area (Å²) in [5.41, 5.74) is 4.89. The van der Waals surface area contributed by atoms with E-state index >= 15 is 0 Å². The van der Waals surface area contributed by atoms with Gasteiger partial charge in [0.05, 0.1) is 11.3 Å². The minimum Gasteiger partial charge on any atom is -0.452 e. The Bertz CT molecular complexity index is 612. The number of ketones is 1. The Morgan fingerprint density at radius 1 is 1.23 bits per heavy atom. The molecule has 0 bridgehead atoms. The number of nitrogens with two attached hydrogens (primary N) is 1. The van der Waals surface area contributed by atoms with Crippen molar-refractivity contribution < 1.29 is 32.3 Å². The number of hydrogen-bond acceptors (Lipinski definition) is 5. The van der Waals surface area contributed by atoms with Crippen LogP contribution < -0.4 is 11.1 Å². The molecule has 22 heavy (non-hydrogen) atoms. The zero-order valence-electron chi connectivity index (χ0n) is 11.0. The number of amides is 1. The maximum absolute atomic E-state index is 12.0. The van der Waals surface area contributed by atoms with Crippen LogP contribution in [-0.4, -0.2) is 30.4 Å². The van der Waals surface area contributed by atoms with Crippen molar-refractivity contribution in [3.05, 3.63) is 42.1 Å². The van der Waals surface area contributed by atoms with Crippen molar-refractivity contribution in [3.8, 4) is 0 Å². The number of ether oxygens (including phenoxy) is 1. The highest BCUT2D eigenvalue weighted by molar-refractivity contribution is 5.97. The minimum atomic E-state index is -4.97. The normalized spacial score (nSPS) is 11.2. The van der Waals surface area contributed by atoms with E-state index in [2.05, 4.69) is 10.1 Å². The highest BCUT2D eigenvalue weighted by Gasteiger charge is 2.36. The van der Waals surface area contributed by atoms with Gasteiger partial charge in [0.2, 0.25) is 0 Å². The lowest BCUT2D eigenvalue weighted by atomic mass is 10.2. The van der Waals surface area contributed by atoms with E-state index < -0.39 is 30.4 Å². The number of carbonyl (C=O) groups excluding carboxylic acids is 3. The summed E-state index contributed by atoms with van der Waals surface area (Å²) in [6, 6.07) is 5.69. The highest BCUT2D eigenvalue weighted by Crippen LogP contribution is 2.18. The average molecular weight is 316 g/mol. The van der Waals surface area contributed by atoms with Gasteiger partial charge in [-0.2, -0.15) is 13.2 Å². The Labute approximate surface area is 122 Å². The van der Waals surface area contributed by atoms with Crippen LogP contribution in [-0.2, 0) is 14.3 Å². The Kier molecular flexibility index (Phi) is 5.67. The van der Waals surface area contributed by atoms with E-state index in [1.807, 2.05) is 0 Å². The van der Waals surface area contributed by atoms with Crippen molar-refractivity contribution >= 4 is 23.3 Å². The number of hydrogen-bond donors (Lipinski definition) is 2. The van der Waals surface area contributed by atoms with Crippen LogP contribution in [0.2, 0.25) is 0 Å². The van der Waals surface area contributed by atoms with Gasteiger partial charge in [-0.1, -0.05) is 12.1 Å². The zero-order valence-corrected chi connectivity index (χ0v) is 11.0. The van der Waals surface area contributed by atoms with Gasteiger partial charge in [-0.05, 0) is 12.1 Å². The van der Waals surface area contributed by atoms with Gasteiger partial charge >= 0.3 is 12.1 Å². The molecule has 0 spiro atoms. The molecule has 0 fully saturated rings. The SMILES string of the molecule is NC(=O)COC(=O)c1ccccc1N/C=C/C(=O)C(F)(F)F. The third kappa shape index (κ3) is 5.27. The number of carbonyl (C=O) groups is 3. The van der Waals surface area contributed by atoms with Crippen molar-refractivity contribution in [2.45, 2.75) is 6.18 Å². The maximum Gasteiger partial charge on any atom is 0.454 e. The van der Waals surface area contributed by atoms with Gasteiger partial charge in [-0.3, -0.25) is 9.59 Å². The molecule has 1 amide bonds. The van der Waals surface area contributed by atoms with E-state index in [1.54, 1.807) is 0 Å². The smallest absolute Gasteiger partial charge is 0.452 e. The molecule has 0 unspecified atom stereocenters. The fourth-order valence-corrected chi connectivity index (χ4v) is 1.30. The van der Waals surface area contributed by atoms with Crippen LogP contribution in [0.25, 0.3) is 0 Å². The van der Waals surface area contributed by atoms with E-state index in [4.69, 9.17) is 5.73 Å². The minimum absolute atomic E-state index is 0.0344. The number of halogens is 3. The molecular formula is C13H11F3N2O4. The van der Waals surface area contributed by atoms with Gasteiger partial charge in [-0.15, -0.1) is 0 Å². The largest absolute Gasteiger partial charge is 0.454 e. The Morgan fingerprint density at radius 3 is 2.45 bits per heavy atom. The summed E-state index contributed by atoms with van der Waals surface area (Å²) in [5, 5.41) is 2.37. The van der Waals surface area contributed by atoms with Crippen LogP contribution in [0.15, 0.2) is 36.5 Å². The molecule has 0 aliphatic carbocycles. The van der Waals surface area contributed by atoms with Crippen LogP contribution in [0.5, 0.6) is 0 Å². The van der Waals surface area contributed by atoms with E-state index in [9.17, 15) is 27.6 Å². The molecule has 1 aromatic carbocycles. The first-order valence-corrected chi connectivity index (χ1v) is 5.80. The Balaban J connectivity index is 2.80. The number of esters is 1. The van der Waals surface area contributed by atoms with Gasteiger partial charge in [-0.25, -0.2) is 4.79 Å². The molecule has 9 heteroatoms. The van der Waals surface area contributed by atoms with Crippen molar-refractivity contribution in [1.82, 2.24) is 0 Å². The number of para-hydroxylation sites is 1. The highest BCUT2D eigenvalue weighted by atomic mass is 19.4. The second-order valence-corrected chi connectivity index (χ2v) is 3.93. The molecule has 0 aliphatic rings. The molecular weight excluding hydrogens is 305 g/mol. The second-order valence-electron chi connectivity index (χ2n) is 3.93. The molecule has 0 saturated carbocycles. The predicted molar refractivity (Wildman–Crippen MR) is 69.7 cm³/mol. The topological polar surface area (TPSA) is 98.5 Å². The average Bonchev–Trinajstić information content (AvgIpc) is 2.44. The van der Waals surface area contributed by atoms with Gasteiger partial charge < -0.3 is 15.8 Å². The van der Waals surface area contributed by atoms with Crippen molar-refractivity contribution in [2.75, 3.05) is 11.9 Å². The summed E-state index contributed by atoms with van der Waals surface area (Å²) >= 11 is 0. The summed E-state index contributed by atoms with van der Waals surface area (Å²) < 4.78 is 40.6. The number of benzene rings is 1. The van der Waals surface area contributed by atoms with Gasteiger partial charge in [0, 0.05) is 12.3 Å². The summed E-state index contributed by atoms with van der Waals surface area (Å²) in [4.78, 5) is 32.9. The zero-order chi connectivity index (χ0) is 16.8. The number of anilines is 1.